The Morgan fingerprint density at radius 1 is 1.50 bits per heavy atom. The fourth-order valence-electron chi connectivity index (χ4n) is 1.11. The van der Waals surface area contributed by atoms with E-state index >= 15 is 0 Å². The van der Waals surface area contributed by atoms with Crippen LogP contribution in [-0.2, 0) is 0 Å². The first-order valence-corrected chi connectivity index (χ1v) is 5.41. The molecular weight excluding hydrogens is 275 g/mol. The van der Waals surface area contributed by atoms with Gasteiger partial charge in [-0.1, -0.05) is 15.9 Å². The fourth-order valence-corrected chi connectivity index (χ4v) is 1.54. The zero-order valence-corrected chi connectivity index (χ0v) is 10.9. The maximum atomic E-state index is 13.1. The molecule has 0 aliphatic carbocycles. The molecule has 0 atom stereocenters. The summed E-state index contributed by atoms with van der Waals surface area (Å²) in [5.41, 5.74) is 0.951. The lowest BCUT2D eigenvalue weighted by Gasteiger charge is -2.05. The highest BCUT2D eigenvalue weighted by Gasteiger charge is 2.11. The summed E-state index contributed by atoms with van der Waals surface area (Å²) in [4.78, 5) is 17.0. The molecule has 1 rings (SSSR count). The molecular formula is C11H12BrFN2O. The lowest BCUT2D eigenvalue weighted by molar-refractivity contribution is 0.100. The number of benzene rings is 1. The predicted octanol–water partition coefficient (Wildman–Crippen LogP) is 2.63. The zero-order chi connectivity index (χ0) is 12.3. The maximum absolute atomic E-state index is 13.1. The summed E-state index contributed by atoms with van der Waals surface area (Å²) in [6, 6.07) is 2.51. The topological polar surface area (TPSA) is 32.7 Å². The van der Waals surface area contributed by atoms with Gasteiger partial charge in [-0.2, -0.15) is 4.99 Å². The first-order chi connectivity index (χ1) is 7.41. The quantitative estimate of drug-likeness (QED) is 0.618. The van der Waals surface area contributed by atoms with E-state index in [0.29, 0.717) is 10.0 Å². The second-order valence-electron chi connectivity index (χ2n) is 3.57. The molecule has 1 amide bonds. The first kappa shape index (κ1) is 12.8. The van der Waals surface area contributed by atoms with E-state index in [9.17, 15) is 9.18 Å². The molecule has 3 nitrogen and oxygen atoms in total. The minimum atomic E-state index is -0.458. The van der Waals surface area contributed by atoms with E-state index in [2.05, 4.69) is 20.9 Å². The van der Waals surface area contributed by atoms with Gasteiger partial charge in [0.2, 0.25) is 0 Å². The van der Waals surface area contributed by atoms with Crippen LogP contribution in [0.5, 0.6) is 0 Å². The molecule has 0 aliphatic rings. The van der Waals surface area contributed by atoms with Crippen molar-refractivity contribution in [3.63, 3.8) is 0 Å². The summed E-state index contributed by atoms with van der Waals surface area (Å²) in [6.45, 7) is 1.74. The molecule has 86 valence electrons. The molecule has 0 saturated carbocycles. The van der Waals surface area contributed by atoms with Crippen LogP contribution in [0.25, 0.3) is 0 Å². The summed E-state index contributed by atoms with van der Waals surface area (Å²) < 4.78 is 13.7. The van der Waals surface area contributed by atoms with Gasteiger partial charge in [0.1, 0.15) is 5.82 Å². The molecule has 0 N–H and O–H groups in total. The Morgan fingerprint density at radius 3 is 2.69 bits per heavy atom. The molecule has 5 heteroatoms. The number of carbonyl (C=O) groups excluding carboxylic acids is 1. The van der Waals surface area contributed by atoms with Crippen LogP contribution in [0.15, 0.2) is 21.6 Å². The minimum Gasteiger partial charge on any atom is -0.369 e. The number of aliphatic imine (C=N–C) groups is 1. The van der Waals surface area contributed by atoms with Gasteiger partial charge in [-0.25, -0.2) is 4.39 Å². The van der Waals surface area contributed by atoms with Gasteiger partial charge in [0.15, 0.2) is 0 Å². The monoisotopic (exact) mass is 286 g/mol. The van der Waals surface area contributed by atoms with Crippen LogP contribution in [0, 0.1) is 12.7 Å². The highest BCUT2D eigenvalue weighted by molar-refractivity contribution is 9.10. The van der Waals surface area contributed by atoms with Gasteiger partial charge in [-0.3, -0.25) is 4.79 Å². The Balaban J connectivity index is 3.09. The van der Waals surface area contributed by atoms with Gasteiger partial charge < -0.3 is 4.90 Å². The second-order valence-corrected chi connectivity index (χ2v) is 4.43. The summed E-state index contributed by atoms with van der Waals surface area (Å²) in [6.07, 6.45) is 1.39. The number of hydrogen-bond acceptors (Lipinski definition) is 1. The summed E-state index contributed by atoms with van der Waals surface area (Å²) in [5, 5.41) is 0. The Labute approximate surface area is 102 Å². The molecule has 0 radical (unpaired) electrons. The third kappa shape index (κ3) is 3.13. The van der Waals surface area contributed by atoms with E-state index in [1.54, 1.807) is 25.9 Å². The summed E-state index contributed by atoms with van der Waals surface area (Å²) in [5.74, 6) is -0.910. The van der Waals surface area contributed by atoms with Gasteiger partial charge in [-0.05, 0) is 24.6 Å². The van der Waals surface area contributed by atoms with E-state index in [1.165, 1.54) is 18.5 Å². The molecule has 0 spiro atoms. The van der Waals surface area contributed by atoms with Crippen LogP contribution < -0.4 is 0 Å². The SMILES string of the molecule is Cc1c(Br)cc(F)cc1C(=O)N=CN(C)C. The van der Waals surface area contributed by atoms with E-state index in [-0.39, 0.29) is 5.56 Å². The van der Waals surface area contributed by atoms with Gasteiger partial charge in [0.05, 0.1) is 6.34 Å². The van der Waals surface area contributed by atoms with Crippen molar-refractivity contribution in [3.05, 3.63) is 33.5 Å². The fraction of sp³-hybridized carbons (Fsp3) is 0.273. The van der Waals surface area contributed by atoms with Crippen molar-refractivity contribution in [3.8, 4) is 0 Å². The molecule has 1 aromatic rings. The molecule has 0 unspecified atom stereocenters. The van der Waals surface area contributed by atoms with Gasteiger partial charge in [-0.15, -0.1) is 0 Å². The third-order valence-corrected chi connectivity index (χ3v) is 2.77. The third-order valence-electron chi connectivity index (χ3n) is 1.95. The van der Waals surface area contributed by atoms with Crippen molar-refractivity contribution in [2.24, 2.45) is 4.99 Å². The van der Waals surface area contributed by atoms with Crippen molar-refractivity contribution in [2.75, 3.05) is 14.1 Å². The van der Waals surface area contributed by atoms with Crippen LogP contribution in [0.4, 0.5) is 4.39 Å². The van der Waals surface area contributed by atoms with Crippen molar-refractivity contribution in [2.45, 2.75) is 6.92 Å². The number of halogens is 2. The Kier molecular flexibility index (Phi) is 4.18. The van der Waals surface area contributed by atoms with Crippen LogP contribution >= 0.6 is 15.9 Å². The lowest BCUT2D eigenvalue weighted by atomic mass is 10.1. The molecule has 0 saturated heterocycles. The molecule has 16 heavy (non-hydrogen) atoms. The largest absolute Gasteiger partial charge is 0.369 e. The number of rotatable bonds is 2. The Bertz CT molecular complexity index is 444. The number of amides is 1. The number of nitrogens with zero attached hydrogens (tertiary/aromatic N) is 2. The summed E-state index contributed by atoms with van der Waals surface area (Å²) in [7, 11) is 3.51. The molecule has 1 aromatic carbocycles. The van der Waals surface area contributed by atoms with Crippen molar-refractivity contribution in [1.82, 2.24) is 4.90 Å². The van der Waals surface area contributed by atoms with E-state index in [4.69, 9.17) is 0 Å². The molecule has 0 aromatic heterocycles. The zero-order valence-electron chi connectivity index (χ0n) is 9.29. The van der Waals surface area contributed by atoms with E-state index in [1.807, 2.05) is 0 Å². The van der Waals surface area contributed by atoms with Crippen LogP contribution in [0.2, 0.25) is 0 Å². The Morgan fingerprint density at radius 2 is 2.12 bits per heavy atom. The van der Waals surface area contributed by atoms with Crippen molar-refractivity contribution >= 4 is 28.2 Å². The molecule has 0 heterocycles. The molecule has 0 aliphatic heterocycles. The van der Waals surface area contributed by atoms with E-state index in [0.717, 1.165) is 0 Å². The average molecular weight is 287 g/mol. The van der Waals surface area contributed by atoms with Crippen molar-refractivity contribution in [1.29, 1.82) is 0 Å². The molecule has 0 bridgehead atoms. The van der Waals surface area contributed by atoms with Crippen LogP contribution in [-0.4, -0.2) is 31.2 Å². The van der Waals surface area contributed by atoms with Gasteiger partial charge in [0.25, 0.3) is 5.91 Å². The standard InChI is InChI=1S/C11H12BrFN2O/c1-7-9(4-8(13)5-10(7)12)11(16)14-6-15(2)3/h4-6H,1-3H3. The average Bonchev–Trinajstić information content (AvgIpc) is 2.19. The lowest BCUT2D eigenvalue weighted by Crippen LogP contribution is -2.10. The highest BCUT2D eigenvalue weighted by atomic mass is 79.9. The number of hydrogen-bond donors (Lipinski definition) is 0. The van der Waals surface area contributed by atoms with Crippen LogP contribution in [0.1, 0.15) is 15.9 Å². The second kappa shape index (κ2) is 5.21. The normalized spacial score (nSPS) is 10.8. The van der Waals surface area contributed by atoms with Gasteiger partial charge >= 0.3 is 0 Å². The smallest absolute Gasteiger partial charge is 0.278 e. The minimum absolute atomic E-state index is 0.268. The summed E-state index contributed by atoms with van der Waals surface area (Å²) >= 11 is 3.19. The predicted molar refractivity (Wildman–Crippen MR) is 65.3 cm³/mol. The van der Waals surface area contributed by atoms with Crippen LogP contribution in [0.3, 0.4) is 0 Å². The van der Waals surface area contributed by atoms with Gasteiger partial charge in [0, 0.05) is 24.1 Å². The maximum Gasteiger partial charge on any atom is 0.278 e. The highest BCUT2D eigenvalue weighted by Crippen LogP contribution is 2.22. The van der Waals surface area contributed by atoms with Crippen molar-refractivity contribution < 1.29 is 9.18 Å². The first-order valence-electron chi connectivity index (χ1n) is 4.62. The number of carbonyl (C=O) groups is 1. The molecule has 0 fully saturated rings. The van der Waals surface area contributed by atoms with E-state index < -0.39 is 11.7 Å². The Hall–Kier alpha value is -1.23.